The van der Waals surface area contributed by atoms with Crippen molar-refractivity contribution in [3.8, 4) is 0 Å². The molecule has 0 bridgehead atoms. The number of hydrogen-bond donors (Lipinski definition) is 1. The first-order valence-corrected chi connectivity index (χ1v) is 12.8. The van der Waals surface area contributed by atoms with Gasteiger partial charge in [-0.1, -0.05) is 25.4 Å². The normalized spacial score (nSPS) is 19.5. The van der Waals surface area contributed by atoms with Crippen molar-refractivity contribution in [1.82, 2.24) is 35.1 Å². The quantitative estimate of drug-likeness (QED) is 0.725. The summed E-state index contributed by atoms with van der Waals surface area (Å²) in [5, 5.41) is 3.88. The van der Waals surface area contributed by atoms with Crippen molar-refractivity contribution in [2.75, 3.05) is 70.3 Å². The molecule has 2 aromatic rings. The molecular formula is C24H37ClN8. The Morgan fingerprint density at radius 1 is 0.727 bits per heavy atom. The van der Waals surface area contributed by atoms with Gasteiger partial charge >= 0.3 is 0 Å². The Hall–Kier alpha value is -1.87. The monoisotopic (exact) mass is 472 g/mol. The summed E-state index contributed by atoms with van der Waals surface area (Å²) in [5.41, 5.74) is 4.61. The van der Waals surface area contributed by atoms with E-state index in [1.54, 1.807) is 6.20 Å². The highest BCUT2D eigenvalue weighted by atomic mass is 35.5. The molecule has 1 saturated heterocycles. The predicted molar refractivity (Wildman–Crippen MR) is 133 cm³/mol. The molecule has 3 aliphatic heterocycles. The molecule has 33 heavy (non-hydrogen) atoms. The van der Waals surface area contributed by atoms with Crippen LogP contribution in [-0.4, -0.2) is 95.2 Å². The topological polar surface area (TPSA) is 73.3 Å². The first-order chi connectivity index (χ1) is 16.2. The van der Waals surface area contributed by atoms with E-state index in [-0.39, 0.29) is 0 Å². The smallest absolute Gasteiger partial charge is 0.147 e. The van der Waals surface area contributed by atoms with Crippen molar-refractivity contribution in [3.05, 3.63) is 40.3 Å². The van der Waals surface area contributed by atoms with Crippen LogP contribution in [0.5, 0.6) is 0 Å². The van der Waals surface area contributed by atoms with Gasteiger partial charge in [0.25, 0.3) is 0 Å². The number of likely N-dealkylation sites (N-methyl/N-ethyl adjacent to an activating group) is 2. The third kappa shape index (κ3) is 6.59. The van der Waals surface area contributed by atoms with Crippen LogP contribution in [0.15, 0.2) is 12.4 Å². The van der Waals surface area contributed by atoms with E-state index in [9.17, 15) is 0 Å². The standard InChI is InChI=1S/C14H23N5.C10H14ClN3/c1-2-18-7-3-12-13(4-8-18)17-14(11-16-12)19-9-5-15-6-10-19;1-2-14-5-3-8-9(4-6-14)13-10(11)7-12-8/h11,15H,2-10H2,1H3;7H,2-6H2,1H3. The Morgan fingerprint density at radius 2 is 1.24 bits per heavy atom. The van der Waals surface area contributed by atoms with E-state index in [1.807, 2.05) is 6.20 Å². The third-order valence-electron chi connectivity index (χ3n) is 6.82. The van der Waals surface area contributed by atoms with Crippen molar-refractivity contribution in [1.29, 1.82) is 0 Å². The van der Waals surface area contributed by atoms with Crippen LogP contribution >= 0.6 is 11.6 Å². The van der Waals surface area contributed by atoms with Crippen LogP contribution in [0.2, 0.25) is 5.15 Å². The molecule has 0 aromatic carbocycles. The van der Waals surface area contributed by atoms with Gasteiger partial charge in [-0.05, 0) is 13.1 Å². The molecule has 9 heteroatoms. The van der Waals surface area contributed by atoms with E-state index in [0.717, 1.165) is 108 Å². The fourth-order valence-electron chi connectivity index (χ4n) is 4.65. The number of hydrogen-bond acceptors (Lipinski definition) is 8. The van der Waals surface area contributed by atoms with Gasteiger partial charge in [-0.15, -0.1) is 0 Å². The van der Waals surface area contributed by atoms with Crippen molar-refractivity contribution in [2.45, 2.75) is 39.5 Å². The van der Waals surface area contributed by atoms with Gasteiger partial charge in [0, 0.05) is 78.0 Å². The van der Waals surface area contributed by atoms with E-state index in [4.69, 9.17) is 16.6 Å². The van der Waals surface area contributed by atoms with Crippen molar-refractivity contribution in [2.24, 2.45) is 0 Å². The third-order valence-corrected chi connectivity index (χ3v) is 7.00. The van der Waals surface area contributed by atoms with Gasteiger partial charge in [0.2, 0.25) is 0 Å². The Kier molecular flexibility index (Phi) is 8.83. The van der Waals surface area contributed by atoms with Crippen LogP contribution in [0.4, 0.5) is 5.82 Å². The summed E-state index contributed by atoms with van der Waals surface area (Å²) in [6, 6.07) is 0. The number of nitrogens with zero attached hydrogens (tertiary/aromatic N) is 7. The molecule has 2 aromatic heterocycles. The lowest BCUT2D eigenvalue weighted by atomic mass is 10.2. The minimum atomic E-state index is 0.508. The lowest BCUT2D eigenvalue weighted by Gasteiger charge is -2.28. The maximum absolute atomic E-state index is 5.81. The molecule has 0 atom stereocenters. The van der Waals surface area contributed by atoms with E-state index >= 15 is 0 Å². The minimum absolute atomic E-state index is 0.508. The fourth-order valence-corrected chi connectivity index (χ4v) is 4.80. The second-order valence-corrected chi connectivity index (χ2v) is 9.20. The predicted octanol–water partition coefficient (Wildman–Crippen LogP) is 1.86. The SMILES string of the molecule is CCN1CCc2ncc(Cl)nc2CC1.CCN1CCc2ncc(N3CCNCC3)nc2CC1. The maximum Gasteiger partial charge on any atom is 0.147 e. The first kappa shape index (κ1) is 24.3. The Labute approximate surface area is 202 Å². The van der Waals surface area contributed by atoms with Crippen LogP contribution in [0.1, 0.15) is 36.6 Å². The van der Waals surface area contributed by atoms with Crippen LogP contribution in [0.3, 0.4) is 0 Å². The van der Waals surface area contributed by atoms with Crippen molar-refractivity contribution >= 4 is 17.4 Å². The average molecular weight is 473 g/mol. The van der Waals surface area contributed by atoms with Crippen LogP contribution < -0.4 is 10.2 Å². The number of piperazine rings is 1. The Bertz CT molecular complexity index is 902. The Balaban J connectivity index is 0.000000165. The summed E-state index contributed by atoms with van der Waals surface area (Å²) < 4.78 is 0. The molecule has 3 aliphatic rings. The number of rotatable bonds is 3. The van der Waals surface area contributed by atoms with Crippen molar-refractivity contribution in [3.63, 3.8) is 0 Å². The zero-order valence-corrected chi connectivity index (χ0v) is 20.8. The number of fused-ring (bicyclic) bond motifs is 2. The number of halogens is 1. The van der Waals surface area contributed by atoms with Crippen LogP contribution in [-0.2, 0) is 25.7 Å². The molecule has 5 rings (SSSR count). The van der Waals surface area contributed by atoms with Gasteiger partial charge in [0.15, 0.2) is 0 Å². The van der Waals surface area contributed by atoms with Gasteiger partial charge in [0.05, 0.1) is 35.2 Å². The molecule has 0 unspecified atom stereocenters. The first-order valence-electron chi connectivity index (χ1n) is 12.4. The van der Waals surface area contributed by atoms with Gasteiger partial charge in [-0.2, -0.15) is 0 Å². The molecule has 8 nitrogen and oxygen atoms in total. The highest BCUT2D eigenvalue weighted by Gasteiger charge is 2.18. The van der Waals surface area contributed by atoms with E-state index < -0.39 is 0 Å². The molecule has 0 aliphatic carbocycles. The van der Waals surface area contributed by atoms with Crippen LogP contribution in [0.25, 0.3) is 0 Å². The van der Waals surface area contributed by atoms with Gasteiger partial charge in [0.1, 0.15) is 11.0 Å². The molecule has 0 spiro atoms. The lowest BCUT2D eigenvalue weighted by Crippen LogP contribution is -2.44. The summed E-state index contributed by atoms with van der Waals surface area (Å²) in [5.74, 6) is 1.06. The number of aromatic nitrogens is 4. The van der Waals surface area contributed by atoms with E-state index in [1.165, 1.54) is 11.4 Å². The average Bonchev–Trinajstić information content (AvgIpc) is 3.20. The summed E-state index contributed by atoms with van der Waals surface area (Å²) in [6.07, 6.45) is 7.64. The number of anilines is 1. The molecule has 0 radical (unpaired) electrons. The Morgan fingerprint density at radius 3 is 1.82 bits per heavy atom. The maximum atomic E-state index is 5.81. The van der Waals surface area contributed by atoms with Gasteiger partial charge < -0.3 is 20.0 Å². The molecule has 1 N–H and O–H groups in total. The summed E-state index contributed by atoms with van der Waals surface area (Å²) in [7, 11) is 0. The number of nitrogens with one attached hydrogen (secondary N) is 1. The van der Waals surface area contributed by atoms with Gasteiger partial charge in [-0.3, -0.25) is 9.97 Å². The highest BCUT2D eigenvalue weighted by molar-refractivity contribution is 6.29. The summed E-state index contributed by atoms with van der Waals surface area (Å²) >= 11 is 5.81. The largest absolute Gasteiger partial charge is 0.353 e. The van der Waals surface area contributed by atoms with Gasteiger partial charge in [-0.25, -0.2) is 9.97 Å². The molecule has 180 valence electrons. The zero-order valence-electron chi connectivity index (χ0n) is 20.1. The van der Waals surface area contributed by atoms with Crippen molar-refractivity contribution < 1.29 is 0 Å². The summed E-state index contributed by atoms with van der Waals surface area (Å²) in [4.78, 5) is 25.4. The van der Waals surface area contributed by atoms with Crippen LogP contribution in [0, 0.1) is 0 Å². The van der Waals surface area contributed by atoms with E-state index in [0.29, 0.717) is 5.15 Å². The fraction of sp³-hybridized carbons (Fsp3) is 0.667. The molecule has 1 fully saturated rings. The molecule has 5 heterocycles. The molecule has 0 saturated carbocycles. The zero-order chi connectivity index (χ0) is 23.0. The lowest BCUT2D eigenvalue weighted by molar-refractivity contribution is 0.302. The van der Waals surface area contributed by atoms with E-state index in [2.05, 4.69) is 48.8 Å². The molecule has 0 amide bonds. The molecular weight excluding hydrogens is 436 g/mol. The minimum Gasteiger partial charge on any atom is -0.353 e. The second kappa shape index (κ2) is 12.0. The second-order valence-electron chi connectivity index (χ2n) is 8.81. The highest BCUT2D eigenvalue weighted by Crippen LogP contribution is 2.17. The summed E-state index contributed by atoms with van der Waals surface area (Å²) in [6.45, 7) is 15.2.